The van der Waals surface area contributed by atoms with Gasteiger partial charge in [-0.3, -0.25) is 4.79 Å². The standard InChI is InChI=1S/C22H26FN3O3/c1-2-29-22(28)18-12-26(15-6-7-15)20-16(19(23)9-8-17(20)21(18)27)5-3-4-14-10-13(24)11-25-14/h3,5,8-9,12-15,25H,2,4,6-7,10-11,24H2,1H3/t13-,14+/m0/s1. The molecule has 4 rings (SSSR count). The maximum atomic E-state index is 14.8. The number of carbonyl (C=O) groups excluding carboxylic acids is 1. The topological polar surface area (TPSA) is 86.3 Å². The number of carbonyl (C=O) groups is 1. The molecule has 0 spiro atoms. The lowest BCUT2D eigenvalue weighted by atomic mass is 10.0. The van der Waals surface area contributed by atoms with Crippen LogP contribution in [0.1, 0.15) is 54.6 Å². The predicted octanol–water partition coefficient (Wildman–Crippen LogP) is 2.74. The summed E-state index contributed by atoms with van der Waals surface area (Å²) in [5.41, 5.74) is 6.41. The fourth-order valence-corrected chi connectivity index (χ4v) is 3.99. The lowest BCUT2D eigenvalue weighted by molar-refractivity contribution is 0.0524. The molecule has 0 bridgehead atoms. The highest BCUT2D eigenvalue weighted by atomic mass is 19.1. The normalized spacial score (nSPS) is 21.9. The summed E-state index contributed by atoms with van der Waals surface area (Å²) in [5.74, 6) is -1.03. The first-order valence-electron chi connectivity index (χ1n) is 10.2. The minimum absolute atomic E-state index is 0.00284. The second-order valence-electron chi connectivity index (χ2n) is 7.83. The molecule has 1 aliphatic carbocycles. The third kappa shape index (κ3) is 3.97. The average molecular weight is 399 g/mol. The second-order valence-corrected chi connectivity index (χ2v) is 7.83. The van der Waals surface area contributed by atoms with Crippen molar-refractivity contribution in [2.75, 3.05) is 13.2 Å². The zero-order valence-corrected chi connectivity index (χ0v) is 16.5. The first-order valence-corrected chi connectivity index (χ1v) is 10.2. The number of nitrogens with zero attached hydrogens (tertiary/aromatic N) is 1. The second kappa shape index (κ2) is 8.08. The fourth-order valence-electron chi connectivity index (χ4n) is 3.99. The molecule has 154 valence electrons. The van der Waals surface area contributed by atoms with Gasteiger partial charge in [0.05, 0.1) is 12.1 Å². The Morgan fingerprint density at radius 3 is 2.86 bits per heavy atom. The van der Waals surface area contributed by atoms with Gasteiger partial charge in [0.15, 0.2) is 0 Å². The molecule has 3 N–H and O–H groups in total. The van der Waals surface area contributed by atoms with Crippen LogP contribution >= 0.6 is 0 Å². The van der Waals surface area contributed by atoms with Gasteiger partial charge in [0, 0.05) is 41.8 Å². The molecule has 1 aromatic heterocycles. The largest absolute Gasteiger partial charge is 0.462 e. The number of nitrogens with two attached hydrogens (primary N) is 1. The molecule has 2 aliphatic rings. The highest BCUT2D eigenvalue weighted by Gasteiger charge is 2.28. The van der Waals surface area contributed by atoms with Crippen LogP contribution in [0.4, 0.5) is 4.39 Å². The first kappa shape index (κ1) is 19.8. The molecule has 7 heteroatoms. The summed E-state index contributed by atoms with van der Waals surface area (Å²) >= 11 is 0. The minimum atomic E-state index is -0.640. The van der Waals surface area contributed by atoms with Crippen LogP contribution in [0.2, 0.25) is 0 Å². The summed E-state index contributed by atoms with van der Waals surface area (Å²) in [5, 5.41) is 3.69. The molecule has 2 atom stereocenters. The smallest absolute Gasteiger partial charge is 0.343 e. The maximum absolute atomic E-state index is 14.8. The number of pyridine rings is 1. The maximum Gasteiger partial charge on any atom is 0.343 e. The van der Waals surface area contributed by atoms with Crippen molar-refractivity contribution >= 4 is 22.9 Å². The summed E-state index contributed by atoms with van der Waals surface area (Å²) in [6, 6.07) is 3.35. The Kier molecular flexibility index (Phi) is 5.52. The van der Waals surface area contributed by atoms with Crippen molar-refractivity contribution in [3.8, 4) is 0 Å². The van der Waals surface area contributed by atoms with E-state index in [1.165, 1.54) is 18.3 Å². The van der Waals surface area contributed by atoms with E-state index in [4.69, 9.17) is 10.5 Å². The van der Waals surface area contributed by atoms with Crippen LogP contribution in [-0.4, -0.2) is 35.8 Å². The molecule has 2 aromatic rings. The predicted molar refractivity (Wildman–Crippen MR) is 110 cm³/mol. The van der Waals surface area contributed by atoms with E-state index in [0.29, 0.717) is 16.5 Å². The lowest BCUT2D eigenvalue weighted by Crippen LogP contribution is -2.23. The van der Waals surface area contributed by atoms with Gasteiger partial charge in [-0.15, -0.1) is 0 Å². The molecule has 6 nitrogen and oxygen atoms in total. The van der Waals surface area contributed by atoms with Crippen LogP contribution in [-0.2, 0) is 4.74 Å². The zero-order chi connectivity index (χ0) is 20.5. The summed E-state index contributed by atoms with van der Waals surface area (Å²) in [7, 11) is 0. The Bertz CT molecular complexity index is 1030. The lowest BCUT2D eigenvalue weighted by Gasteiger charge is -2.15. The third-order valence-corrected chi connectivity index (χ3v) is 5.58. The Labute approximate surface area is 168 Å². The first-order chi connectivity index (χ1) is 14.0. The van der Waals surface area contributed by atoms with Gasteiger partial charge in [-0.25, -0.2) is 9.18 Å². The van der Waals surface area contributed by atoms with E-state index in [2.05, 4.69) is 5.32 Å². The molecule has 0 radical (unpaired) electrons. The van der Waals surface area contributed by atoms with E-state index in [1.54, 1.807) is 13.0 Å². The van der Waals surface area contributed by atoms with Crippen molar-refractivity contribution in [1.82, 2.24) is 9.88 Å². The summed E-state index contributed by atoms with van der Waals surface area (Å²) in [4.78, 5) is 25.2. The Balaban J connectivity index is 1.78. The molecular formula is C22H26FN3O3. The van der Waals surface area contributed by atoms with E-state index in [9.17, 15) is 14.0 Å². The van der Waals surface area contributed by atoms with Gasteiger partial charge in [0.25, 0.3) is 0 Å². The summed E-state index contributed by atoms with van der Waals surface area (Å²) in [6.45, 7) is 2.68. The number of nitrogens with one attached hydrogen (secondary N) is 1. The van der Waals surface area contributed by atoms with Gasteiger partial charge in [-0.05, 0) is 44.7 Å². The van der Waals surface area contributed by atoms with Crippen LogP contribution < -0.4 is 16.5 Å². The number of hydrogen-bond donors (Lipinski definition) is 2. The van der Waals surface area contributed by atoms with Crippen LogP contribution in [0.25, 0.3) is 17.0 Å². The number of esters is 1. The quantitative estimate of drug-likeness (QED) is 0.730. The number of hydrogen-bond acceptors (Lipinski definition) is 5. The Morgan fingerprint density at radius 2 is 2.21 bits per heavy atom. The fraction of sp³-hybridized carbons (Fsp3) is 0.455. The number of rotatable bonds is 6. The van der Waals surface area contributed by atoms with E-state index in [-0.39, 0.29) is 36.1 Å². The van der Waals surface area contributed by atoms with Crippen molar-refractivity contribution < 1.29 is 13.9 Å². The van der Waals surface area contributed by atoms with Crippen molar-refractivity contribution in [2.24, 2.45) is 5.73 Å². The van der Waals surface area contributed by atoms with Crippen LogP contribution in [0.3, 0.4) is 0 Å². The number of halogens is 1. The molecule has 2 fully saturated rings. The number of aromatic nitrogens is 1. The zero-order valence-electron chi connectivity index (χ0n) is 16.5. The van der Waals surface area contributed by atoms with Crippen molar-refractivity contribution in [1.29, 1.82) is 0 Å². The minimum Gasteiger partial charge on any atom is -0.462 e. The van der Waals surface area contributed by atoms with Crippen molar-refractivity contribution in [3.05, 3.63) is 51.6 Å². The molecule has 0 unspecified atom stereocenters. The molecule has 1 aromatic carbocycles. The Morgan fingerprint density at radius 1 is 1.41 bits per heavy atom. The number of benzene rings is 1. The van der Waals surface area contributed by atoms with Crippen LogP contribution in [0, 0.1) is 5.82 Å². The van der Waals surface area contributed by atoms with Gasteiger partial charge >= 0.3 is 5.97 Å². The van der Waals surface area contributed by atoms with E-state index < -0.39 is 11.4 Å². The van der Waals surface area contributed by atoms with Crippen molar-refractivity contribution in [3.63, 3.8) is 0 Å². The monoisotopic (exact) mass is 399 g/mol. The van der Waals surface area contributed by atoms with E-state index in [1.807, 2.05) is 10.6 Å². The molecule has 2 heterocycles. The molecule has 29 heavy (non-hydrogen) atoms. The molecule has 1 saturated carbocycles. The number of ether oxygens (including phenoxy) is 1. The molecule has 1 aliphatic heterocycles. The highest BCUT2D eigenvalue weighted by molar-refractivity contribution is 5.96. The van der Waals surface area contributed by atoms with Crippen molar-refractivity contribution in [2.45, 2.75) is 50.7 Å². The molecule has 1 saturated heterocycles. The summed E-state index contributed by atoms with van der Waals surface area (Å²) < 4.78 is 21.7. The Hall–Kier alpha value is -2.51. The van der Waals surface area contributed by atoms with Gasteiger partial charge in [0.1, 0.15) is 11.4 Å². The van der Waals surface area contributed by atoms with E-state index >= 15 is 0 Å². The summed E-state index contributed by atoms with van der Waals surface area (Å²) in [6.07, 6.45) is 8.69. The van der Waals surface area contributed by atoms with Gasteiger partial charge in [-0.1, -0.05) is 12.2 Å². The van der Waals surface area contributed by atoms with Gasteiger partial charge in [-0.2, -0.15) is 0 Å². The molecule has 0 amide bonds. The third-order valence-electron chi connectivity index (χ3n) is 5.58. The SMILES string of the molecule is CCOC(=O)c1cn(C2CC2)c2c(C=CC[C@@H]3C[C@H](N)CN3)c(F)ccc2c1=O. The van der Waals surface area contributed by atoms with Gasteiger partial charge < -0.3 is 20.4 Å². The highest BCUT2D eigenvalue weighted by Crippen LogP contribution is 2.38. The number of fused-ring (bicyclic) bond motifs is 1. The average Bonchev–Trinajstić information content (AvgIpc) is 3.45. The van der Waals surface area contributed by atoms with E-state index in [0.717, 1.165) is 32.2 Å². The van der Waals surface area contributed by atoms with Crippen LogP contribution in [0.5, 0.6) is 0 Å². The van der Waals surface area contributed by atoms with Gasteiger partial charge in [0.2, 0.25) is 5.43 Å². The van der Waals surface area contributed by atoms with Crippen LogP contribution in [0.15, 0.2) is 29.2 Å². The molecular weight excluding hydrogens is 373 g/mol.